The Bertz CT molecular complexity index is 922. The van der Waals surface area contributed by atoms with Crippen molar-refractivity contribution in [3.8, 4) is 0 Å². The highest BCUT2D eigenvalue weighted by atomic mass is 16.6. The molecule has 0 spiro atoms. The number of nitrogens with zero attached hydrogens (tertiary/aromatic N) is 4. The Labute approximate surface area is 176 Å². The Hall–Kier alpha value is -2.84. The van der Waals surface area contributed by atoms with Crippen LogP contribution in [0.3, 0.4) is 0 Å². The number of hydrogen-bond acceptors (Lipinski definition) is 6. The zero-order valence-corrected chi connectivity index (χ0v) is 18.0. The molecule has 2 N–H and O–H groups in total. The van der Waals surface area contributed by atoms with Crippen molar-refractivity contribution in [3.63, 3.8) is 0 Å². The zero-order chi connectivity index (χ0) is 21.5. The van der Waals surface area contributed by atoms with E-state index in [1.54, 1.807) is 27.1 Å². The summed E-state index contributed by atoms with van der Waals surface area (Å²) in [6.45, 7) is 6.86. The number of rotatable bonds is 4. The lowest BCUT2D eigenvalue weighted by molar-refractivity contribution is -0.129. The van der Waals surface area contributed by atoms with E-state index in [9.17, 15) is 9.59 Å². The van der Waals surface area contributed by atoms with Gasteiger partial charge in [0.2, 0.25) is 5.91 Å². The molecule has 2 amide bonds. The molecule has 2 fully saturated rings. The number of H-pyrrole nitrogens is 1. The standard InChI is InChI=1S/C21H30N6O3/c1-21(2,3)30-20(29)23-9-17(28)27-10-13-7-15(8-14(13)11-27)26(4)19-16-5-6-22-18(16)24-12-25-19/h5-6,12-15H,7-11H2,1-4H3,(H,23,29)(H,22,24,25)/t13-,14?,15?/m0/s1. The van der Waals surface area contributed by atoms with Crippen LogP contribution in [0.5, 0.6) is 0 Å². The lowest BCUT2D eigenvalue weighted by Gasteiger charge is -2.28. The van der Waals surface area contributed by atoms with Crippen molar-refractivity contribution in [2.75, 3.05) is 31.6 Å². The summed E-state index contributed by atoms with van der Waals surface area (Å²) >= 11 is 0. The lowest BCUT2D eigenvalue weighted by Crippen LogP contribution is -2.42. The molecule has 162 valence electrons. The molecule has 1 aliphatic heterocycles. The van der Waals surface area contributed by atoms with Gasteiger partial charge in [-0.15, -0.1) is 0 Å². The van der Waals surface area contributed by atoms with Crippen LogP contribution in [0.2, 0.25) is 0 Å². The predicted octanol–water partition coefficient (Wildman–Crippen LogP) is 2.16. The molecule has 2 unspecified atom stereocenters. The fourth-order valence-electron chi connectivity index (χ4n) is 4.67. The van der Waals surface area contributed by atoms with Crippen LogP contribution in [0.25, 0.3) is 11.0 Å². The van der Waals surface area contributed by atoms with E-state index < -0.39 is 11.7 Å². The molecule has 4 rings (SSSR count). The normalized spacial score (nSPS) is 23.5. The fourth-order valence-corrected chi connectivity index (χ4v) is 4.67. The summed E-state index contributed by atoms with van der Waals surface area (Å²) in [7, 11) is 2.09. The van der Waals surface area contributed by atoms with Gasteiger partial charge >= 0.3 is 6.09 Å². The van der Waals surface area contributed by atoms with Crippen LogP contribution in [0.4, 0.5) is 10.6 Å². The predicted molar refractivity (Wildman–Crippen MR) is 113 cm³/mol. The van der Waals surface area contributed by atoms with Crippen molar-refractivity contribution in [2.24, 2.45) is 11.8 Å². The lowest BCUT2D eigenvalue weighted by atomic mass is 10.0. The van der Waals surface area contributed by atoms with Gasteiger partial charge in [0, 0.05) is 32.4 Å². The molecule has 9 heteroatoms. The smallest absolute Gasteiger partial charge is 0.408 e. The van der Waals surface area contributed by atoms with Gasteiger partial charge in [-0.05, 0) is 51.5 Å². The van der Waals surface area contributed by atoms with Crippen LogP contribution >= 0.6 is 0 Å². The van der Waals surface area contributed by atoms with E-state index in [0.29, 0.717) is 17.9 Å². The summed E-state index contributed by atoms with van der Waals surface area (Å²) in [6.07, 6.45) is 4.98. The van der Waals surface area contributed by atoms with Crippen molar-refractivity contribution in [1.29, 1.82) is 0 Å². The van der Waals surface area contributed by atoms with E-state index >= 15 is 0 Å². The molecular weight excluding hydrogens is 384 g/mol. The maximum Gasteiger partial charge on any atom is 0.408 e. The maximum atomic E-state index is 12.5. The number of carbonyl (C=O) groups is 2. The molecule has 3 atom stereocenters. The van der Waals surface area contributed by atoms with E-state index in [-0.39, 0.29) is 12.5 Å². The third-order valence-corrected chi connectivity index (χ3v) is 6.08. The van der Waals surface area contributed by atoms with Crippen molar-refractivity contribution >= 4 is 28.9 Å². The third kappa shape index (κ3) is 4.20. The second kappa shape index (κ2) is 7.77. The molecule has 0 aromatic carbocycles. The van der Waals surface area contributed by atoms with Crippen molar-refractivity contribution < 1.29 is 14.3 Å². The van der Waals surface area contributed by atoms with E-state index in [2.05, 4.69) is 32.2 Å². The maximum absolute atomic E-state index is 12.5. The first-order valence-electron chi connectivity index (χ1n) is 10.5. The van der Waals surface area contributed by atoms with Crippen LogP contribution in [-0.2, 0) is 9.53 Å². The third-order valence-electron chi connectivity index (χ3n) is 6.08. The highest BCUT2D eigenvalue weighted by Crippen LogP contribution is 2.41. The number of hydrogen-bond donors (Lipinski definition) is 2. The van der Waals surface area contributed by atoms with Crippen LogP contribution in [0.1, 0.15) is 33.6 Å². The number of fused-ring (bicyclic) bond motifs is 2. The summed E-state index contributed by atoms with van der Waals surface area (Å²) < 4.78 is 5.19. The molecule has 2 aromatic heterocycles. The van der Waals surface area contributed by atoms with E-state index in [1.165, 1.54) is 0 Å². The van der Waals surface area contributed by atoms with Gasteiger partial charge < -0.3 is 24.8 Å². The topological polar surface area (TPSA) is 103 Å². The Morgan fingerprint density at radius 2 is 1.97 bits per heavy atom. The largest absolute Gasteiger partial charge is 0.444 e. The Morgan fingerprint density at radius 3 is 2.63 bits per heavy atom. The summed E-state index contributed by atoms with van der Waals surface area (Å²) in [5.74, 6) is 1.85. The van der Waals surface area contributed by atoms with Gasteiger partial charge in [-0.2, -0.15) is 0 Å². The first kappa shape index (κ1) is 20.4. The van der Waals surface area contributed by atoms with Gasteiger partial charge in [0.1, 0.15) is 29.9 Å². The fraction of sp³-hybridized carbons (Fsp3) is 0.619. The number of likely N-dealkylation sites (tertiary alicyclic amines) is 1. The summed E-state index contributed by atoms with van der Waals surface area (Å²) in [5, 5.41) is 3.60. The molecule has 2 aromatic rings. The first-order valence-corrected chi connectivity index (χ1v) is 10.5. The number of nitrogens with one attached hydrogen (secondary N) is 2. The minimum absolute atomic E-state index is 0.0237. The minimum atomic E-state index is -0.575. The Balaban J connectivity index is 1.30. The first-order chi connectivity index (χ1) is 14.2. The molecule has 1 aliphatic carbocycles. The highest BCUT2D eigenvalue weighted by Gasteiger charge is 2.43. The van der Waals surface area contributed by atoms with Crippen LogP contribution in [-0.4, -0.2) is 70.2 Å². The molecule has 9 nitrogen and oxygen atoms in total. The Morgan fingerprint density at radius 1 is 1.27 bits per heavy atom. The number of amides is 2. The minimum Gasteiger partial charge on any atom is -0.444 e. The second-order valence-electron chi connectivity index (χ2n) is 9.35. The van der Waals surface area contributed by atoms with Gasteiger partial charge in [0.05, 0.1) is 5.39 Å². The molecule has 2 aliphatic rings. The average Bonchev–Trinajstić information content (AvgIpc) is 3.37. The molecule has 1 saturated heterocycles. The molecular formula is C21H30N6O3. The number of anilines is 1. The average molecular weight is 415 g/mol. The molecule has 0 bridgehead atoms. The number of alkyl carbamates (subject to hydrolysis) is 1. The van der Waals surface area contributed by atoms with Crippen molar-refractivity contribution in [3.05, 3.63) is 18.6 Å². The monoisotopic (exact) mass is 414 g/mol. The zero-order valence-electron chi connectivity index (χ0n) is 18.0. The molecule has 3 heterocycles. The van der Waals surface area contributed by atoms with E-state index in [0.717, 1.165) is 42.8 Å². The van der Waals surface area contributed by atoms with Crippen LogP contribution in [0.15, 0.2) is 18.6 Å². The highest BCUT2D eigenvalue weighted by molar-refractivity contribution is 5.87. The second-order valence-corrected chi connectivity index (χ2v) is 9.35. The molecule has 1 saturated carbocycles. The van der Waals surface area contributed by atoms with E-state index in [1.807, 2.05) is 17.2 Å². The van der Waals surface area contributed by atoms with Gasteiger partial charge in [-0.3, -0.25) is 4.79 Å². The van der Waals surface area contributed by atoms with E-state index in [4.69, 9.17) is 4.74 Å². The van der Waals surface area contributed by atoms with Gasteiger partial charge in [0.15, 0.2) is 0 Å². The summed E-state index contributed by atoms with van der Waals surface area (Å²) in [5.41, 5.74) is 0.272. The number of carbonyl (C=O) groups excluding carboxylic acids is 2. The van der Waals surface area contributed by atoms with Crippen molar-refractivity contribution in [1.82, 2.24) is 25.2 Å². The number of aromatic nitrogens is 3. The van der Waals surface area contributed by atoms with Gasteiger partial charge in [0.25, 0.3) is 0 Å². The molecule has 0 radical (unpaired) electrons. The van der Waals surface area contributed by atoms with Crippen molar-refractivity contribution in [2.45, 2.75) is 45.3 Å². The number of ether oxygens (including phenoxy) is 1. The molecule has 30 heavy (non-hydrogen) atoms. The number of aromatic amines is 1. The van der Waals surface area contributed by atoms with Gasteiger partial charge in [-0.25, -0.2) is 14.8 Å². The Kier molecular flexibility index (Phi) is 5.29. The summed E-state index contributed by atoms with van der Waals surface area (Å²) in [6, 6.07) is 2.40. The van der Waals surface area contributed by atoms with Crippen LogP contribution < -0.4 is 10.2 Å². The quantitative estimate of drug-likeness (QED) is 0.795. The SMILES string of the molecule is CN(c1ncnc2[nH]ccc12)C1CC2CN(C(=O)CNC(=O)OC(C)(C)C)C[C@@H]2C1. The summed E-state index contributed by atoms with van der Waals surface area (Å²) in [4.78, 5) is 40.3. The van der Waals surface area contributed by atoms with Crippen LogP contribution in [0, 0.1) is 11.8 Å². The van der Waals surface area contributed by atoms with Gasteiger partial charge in [-0.1, -0.05) is 0 Å².